The normalized spacial score (nSPS) is 10.1. The quantitative estimate of drug-likeness (QED) is 0.643. The third kappa shape index (κ3) is 2.85. The largest absolute Gasteiger partial charge is 0.399 e. The van der Waals surface area contributed by atoms with Crippen molar-refractivity contribution in [2.75, 3.05) is 5.73 Å². The molecule has 17 heavy (non-hydrogen) atoms. The Morgan fingerprint density at radius 1 is 1.24 bits per heavy atom. The maximum absolute atomic E-state index is 8.46. The first-order valence-corrected chi connectivity index (χ1v) is 5.55. The number of nitriles is 1. The molecule has 2 aromatic rings. The van der Waals surface area contributed by atoms with E-state index in [1.54, 1.807) is 0 Å². The van der Waals surface area contributed by atoms with Crippen LogP contribution in [0.4, 0.5) is 5.69 Å². The molecule has 2 N–H and O–H groups in total. The summed E-state index contributed by atoms with van der Waals surface area (Å²) in [5, 5.41) is 12.7. The molecule has 1 aromatic heterocycles. The minimum atomic E-state index is 0.567. The molecular weight excluding hydrogens is 212 g/mol. The Hall–Kier alpha value is -2.28. The molecule has 0 aliphatic carbocycles. The number of benzene rings is 1. The van der Waals surface area contributed by atoms with Crippen LogP contribution in [0, 0.1) is 11.3 Å². The van der Waals surface area contributed by atoms with Gasteiger partial charge in [0.2, 0.25) is 0 Å². The number of nitrogens with two attached hydrogens (primary N) is 1. The van der Waals surface area contributed by atoms with Gasteiger partial charge in [-0.1, -0.05) is 12.1 Å². The van der Waals surface area contributed by atoms with E-state index in [9.17, 15) is 0 Å². The van der Waals surface area contributed by atoms with E-state index in [1.165, 1.54) is 0 Å². The zero-order chi connectivity index (χ0) is 12.1. The molecule has 0 bridgehead atoms. The average Bonchev–Trinajstić information content (AvgIpc) is 2.79. The van der Waals surface area contributed by atoms with E-state index in [0.29, 0.717) is 6.42 Å². The Morgan fingerprint density at radius 2 is 2.00 bits per heavy atom. The zero-order valence-corrected chi connectivity index (χ0v) is 9.50. The van der Waals surface area contributed by atoms with Gasteiger partial charge in [-0.3, -0.25) is 4.68 Å². The second-order valence-corrected chi connectivity index (χ2v) is 3.88. The van der Waals surface area contributed by atoms with Gasteiger partial charge in [-0.05, 0) is 24.1 Å². The lowest BCUT2D eigenvalue weighted by Gasteiger charge is -1.98. The molecule has 0 unspecified atom stereocenters. The van der Waals surface area contributed by atoms with Gasteiger partial charge in [0, 0.05) is 30.4 Å². The first-order chi connectivity index (χ1) is 8.29. The molecule has 1 heterocycles. The first kappa shape index (κ1) is 11.2. The first-order valence-electron chi connectivity index (χ1n) is 5.55. The van der Waals surface area contributed by atoms with Crippen molar-refractivity contribution in [1.29, 1.82) is 5.26 Å². The Kier molecular flexibility index (Phi) is 3.41. The Morgan fingerprint density at radius 3 is 2.71 bits per heavy atom. The number of rotatable bonds is 4. The van der Waals surface area contributed by atoms with E-state index in [0.717, 1.165) is 29.8 Å². The lowest BCUT2D eigenvalue weighted by Crippen LogP contribution is -1.97. The van der Waals surface area contributed by atoms with Crippen LogP contribution in [-0.2, 0) is 6.54 Å². The van der Waals surface area contributed by atoms with E-state index < -0.39 is 0 Å². The number of nitrogen functional groups attached to an aromatic ring is 1. The van der Waals surface area contributed by atoms with Crippen molar-refractivity contribution in [3.63, 3.8) is 0 Å². The smallest absolute Gasteiger partial charge is 0.0622 e. The van der Waals surface area contributed by atoms with Crippen molar-refractivity contribution < 1.29 is 0 Å². The molecule has 0 radical (unpaired) electrons. The van der Waals surface area contributed by atoms with Crippen LogP contribution in [0.3, 0.4) is 0 Å². The number of aryl methyl sites for hydroxylation is 1. The summed E-state index contributed by atoms with van der Waals surface area (Å²) in [6.07, 6.45) is 5.22. The maximum Gasteiger partial charge on any atom is 0.0622 e. The number of aromatic nitrogens is 2. The Balaban J connectivity index is 2.08. The molecule has 0 fully saturated rings. The van der Waals surface area contributed by atoms with Gasteiger partial charge in [-0.2, -0.15) is 10.4 Å². The Labute approximate surface area is 100 Å². The minimum Gasteiger partial charge on any atom is -0.399 e. The second kappa shape index (κ2) is 5.17. The van der Waals surface area contributed by atoms with Crippen molar-refractivity contribution in [2.45, 2.75) is 19.4 Å². The van der Waals surface area contributed by atoms with Crippen molar-refractivity contribution in [3.05, 3.63) is 36.7 Å². The molecular formula is C13H14N4. The van der Waals surface area contributed by atoms with Gasteiger partial charge in [0.05, 0.1) is 12.3 Å². The number of anilines is 1. The highest BCUT2D eigenvalue weighted by Gasteiger charge is 2.01. The lowest BCUT2D eigenvalue weighted by molar-refractivity contribution is 0.586. The molecule has 0 spiro atoms. The van der Waals surface area contributed by atoms with E-state index in [-0.39, 0.29) is 0 Å². The summed E-state index contributed by atoms with van der Waals surface area (Å²) in [7, 11) is 0. The molecule has 0 atom stereocenters. The van der Waals surface area contributed by atoms with Gasteiger partial charge >= 0.3 is 0 Å². The van der Waals surface area contributed by atoms with Crippen LogP contribution >= 0.6 is 0 Å². The van der Waals surface area contributed by atoms with Gasteiger partial charge in [-0.25, -0.2) is 0 Å². The predicted octanol–water partition coefficient (Wildman–Crippen LogP) is 2.44. The highest BCUT2D eigenvalue weighted by atomic mass is 15.3. The molecule has 0 aliphatic heterocycles. The average molecular weight is 226 g/mol. The number of hydrogen-bond acceptors (Lipinski definition) is 3. The molecule has 0 aliphatic rings. The summed E-state index contributed by atoms with van der Waals surface area (Å²) < 4.78 is 1.86. The molecule has 0 saturated heterocycles. The van der Waals surface area contributed by atoms with Crippen molar-refractivity contribution in [1.82, 2.24) is 9.78 Å². The molecule has 86 valence electrons. The zero-order valence-electron chi connectivity index (χ0n) is 9.50. The summed E-state index contributed by atoms with van der Waals surface area (Å²) in [5.41, 5.74) is 8.57. The standard InChI is InChI=1S/C13H14N4/c14-7-1-2-8-17-10-12(9-16-17)11-3-5-13(15)6-4-11/h3-6,9-10H,1-2,8,15H2. The summed E-state index contributed by atoms with van der Waals surface area (Å²) in [6, 6.07) is 9.84. The van der Waals surface area contributed by atoms with Gasteiger partial charge < -0.3 is 5.73 Å². The summed E-state index contributed by atoms with van der Waals surface area (Å²) in [6.45, 7) is 0.780. The van der Waals surface area contributed by atoms with E-state index in [1.807, 2.05) is 41.3 Å². The summed E-state index contributed by atoms with van der Waals surface area (Å²) in [4.78, 5) is 0. The van der Waals surface area contributed by atoms with Gasteiger partial charge in [0.25, 0.3) is 0 Å². The van der Waals surface area contributed by atoms with Crippen LogP contribution in [0.15, 0.2) is 36.7 Å². The van der Waals surface area contributed by atoms with Crippen molar-refractivity contribution >= 4 is 5.69 Å². The fourth-order valence-electron chi connectivity index (χ4n) is 1.63. The summed E-state index contributed by atoms with van der Waals surface area (Å²) in [5.74, 6) is 0. The molecule has 1 aromatic carbocycles. The fraction of sp³-hybridized carbons (Fsp3) is 0.231. The number of unbranched alkanes of at least 4 members (excludes halogenated alkanes) is 1. The monoisotopic (exact) mass is 226 g/mol. The van der Waals surface area contributed by atoms with E-state index in [4.69, 9.17) is 11.0 Å². The number of nitrogens with zero attached hydrogens (tertiary/aromatic N) is 3. The predicted molar refractivity (Wildman–Crippen MR) is 66.9 cm³/mol. The molecule has 0 saturated carbocycles. The topological polar surface area (TPSA) is 67.6 Å². The second-order valence-electron chi connectivity index (χ2n) is 3.88. The molecule has 4 nitrogen and oxygen atoms in total. The fourth-order valence-corrected chi connectivity index (χ4v) is 1.63. The van der Waals surface area contributed by atoms with Gasteiger partial charge in [0.15, 0.2) is 0 Å². The van der Waals surface area contributed by atoms with Crippen LogP contribution in [0.2, 0.25) is 0 Å². The molecule has 4 heteroatoms. The molecule has 2 rings (SSSR count). The third-order valence-electron chi connectivity index (χ3n) is 2.55. The minimum absolute atomic E-state index is 0.567. The van der Waals surface area contributed by atoms with Crippen LogP contribution in [0.1, 0.15) is 12.8 Å². The maximum atomic E-state index is 8.46. The van der Waals surface area contributed by atoms with Crippen molar-refractivity contribution in [3.8, 4) is 17.2 Å². The van der Waals surface area contributed by atoms with Crippen LogP contribution in [0.5, 0.6) is 0 Å². The van der Waals surface area contributed by atoms with Crippen LogP contribution < -0.4 is 5.73 Å². The SMILES string of the molecule is N#CCCCn1cc(-c2ccc(N)cc2)cn1. The summed E-state index contributed by atoms with van der Waals surface area (Å²) >= 11 is 0. The van der Waals surface area contributed by atoms with E-state index >= 15 is 0 Å². The molecule has 0 amide bonds. The highest BCUT2D eigenvalue weighted by molar-refractivity contribution is 5.63. The van der Waals surface area contributed by atoms with Crippen molar-refractivity contribution in [2.24, 2.45) is 0 Å². The third-order valence-corrected chi connectivity index (χ3v) is 2.55. The van der Waals surface area contributed by atoms with E-state index in [2.05, 4.69) is 11.2 Å². The lowest BCUT2D eigenvalue weighted by atomic mass is 10.1. The Bertz CT molecular complexity index is 519. The number of hydrogen-bond donors (Lipinski definition) is 1. The van der Waals surface area contributed by atoms with Gasteiger partial charge in [0.1, 0.15) is 0 Å². The highest BCUT2D eigenvalue weighted by Crippen LogP contribution is 2.19. The van der Waals surface area contributed by atoms with Crippen LogP contribution in [0.25, 0.3) is 11.1 Å². The van der Waals surface area contributed by atoms with Crippen LogP contribution in [-0.4, -0.2) is 9.78 Å². The van der Waals surface area contributed by atoms with Gasteiger partial charge in [-0.15, -0.1) is 0 Å².